The van der Waals surface area contributed by atoms with Gasteiger partial charge in [-0.3, -0.25) is 0 Å². The highest BCUT2D eigenvalue weighted by molar-refractivity contribution is 9.10. The monoisotopic (exact) mass is 329 g/mol. The molecule has 1 fully saturated rings. The van der Waals surface area contributed by atoms with Crippen LogP contribution in [0.2, 0.25) is 0 Å². The zero-order valence-corrected chi connectivity index (χ0v) is 13.4. The molecule has 0 heterocycles. The van der Waals surface area contributed by atoms with Gasteiger partial charge in [0.15, 0.2) is 0 Å². The van der Waals surface area contributed by atoms with Gasteiger partial charge in [0.1, 0.15) is 0 Å². The quantitative estimate of drug-likeness (QED) is 0.797. The van der Waals surface area contributed by atoms with E-state index in [9.17, 15) is 0 Å². The van der Waals surface area contributed by atoms with E-state index >= 15 is 0 Å². The van der Waals surface area contributed by atoms with Gasteiger partial charge in [0.25, 0.3) is 0 Å². The Balaban J connectivity index is 1.67. The van der Waals surface area contributed by atoms with Gasteiger partial charge >= 0.3 is 0 Å². The van der Waals surface area contributed by atoms with Crippen LogP contribution in [-0.2, 0) is 6.54 Å². The molecule has 104 valence electrons. The third kappa shape index (κ3) is 3.31. The molecule has 1 atom stereocenters. The molecule has 2 aromatic rings. The molecule has 1 aliphatic rings. The van der Waals surface area contributed by atoms with Gasteiger partial charge < -0.3 is 5.32 Å². The average Bonchev–Trinajstić information content (AvgIpc) is 3.29. The summed E-state index contributed by atoms with van der Waals surface area (Å²) in [4.78, 5) is 0. The Morgan fingerprint density at radius 3 is 2.70 bits per heavy atom. The van der Waals surface area contributed by atoms with E-state index in [1.807, 2.05) is 0 Å². The minimum absolute atomic E-state index is 0.361. The van der Waals surface area contributed by atoms with Crippen LogP contribution < -0.4 is 5.32 Å². The molecule has 2 heteroatoms. The Kier molecular flexibility index (Phi) is 4.23. The Labute approximate surface area is 129 Å². The van der Waals surface area contributed by atoms with Gasteiger partial charge in [-0.05, 0) is 54.5 Å². The summed E-state index contributed by atoms with van der Waals surface area (Å²) >= 11 is 3.54. The topological polar surface area (TPSA) is 12.0 Å². The number of hydrogen-bond acceptors (Lipinski definition) is 1. The zero-order valence-electron chi connectivity index (χ0n) is 11.8. The van der Waals surface area contributed by atoms with Gasteiger partial charge in [-0.25, -0.2) is 0 Å². The molecular formula is C18H20BrN. The summed E-state index contributed by atoms with van der Waals surface area (Å²) in [6.07, 6.45) is 2.72. The van der Waals surface area contributed by atoms with Crippen LogP contribution >= 0.6 is 15.9 Å². The van der Waals surface area contributed by atoms with Gasteiger partial charge in [0.2, 0.25) is 0 Å². The molecular weight excluding hydrogens is 310 g/mol. The second-order valence-electron chi connectivity index (χ2n) is 5.63. The first kappa shape index (κ1) is 13.8. The van der Waals surface area contributed by atoms with Crippen LogP contribution in [-0.4, -0.2) is 0 Å². The fourth-order valence-electron chi connectivity index (χ4n) is 2.64. The van der Waals surface area contributed by atoms with Gasteiger partial charge in [-0.15, -0.1) is 0 Å². The van der Waals surface area contributed by atoms with E-state index in [4.69, 9.17) is 0 Å². The molecule has 2 aromatic carbocycles. The highest BCUT2D eigenvalue weighted by Crippen LogP contribution is 2.41. The summed E-state index contributed by atoms with van der Waals surface area (Å²) in [6, 6.07) is 17.7. The van der Waals surface area contributed by atoms with Crippen LogP contribution in [0.4, 0.5) is 0 Å². The molecule has 0 saturated heterocycles. The van der Waals surface area contributed by atoms with Gasteiger partial charge in [-0.1, -0.05) is 52.3 Å². The van der Waals surface area contributed by atoms with Crippen molar-refractivity contribution in [1.82, 2.24) is 5.32 Å². The second-order valence-corrected chi connectivity index (χ2v) is 6.55. The van der Waals surface area contributed by atoms with Crippen molar-refractivity contribution in [1.29, 1.82) is 0 Å². The van der Waals surface area contributed by atoms with Crippen molar-refractivity contribution in [2.24, 2.45) is 0 Å². The summed E-state index contributed by atoms with van der Waals surface area (Å²) < 4.78 is 1.14. The SMILES string of the molecule is CC(NCc1ccccc1C1CC1)c1cccc(Br)c1. The standard InChI is InChI=1S/C18H20BrN/c1-13(15-6-4-7-17(19)11-15)20-12-16-5-2-3-8-18(16)14-9-10-14/h2-8,11,13-14,20H,9-10,12H2,1H3. The summed E-state index contributed by atoms with van der Waals surface area (Å²) in [5.41, 5.74) is 4.32. The van der Waals surface area contributed by atoms with E-state index in [1.54, 1.807) is 5.56 Å². The van der Waals surface area contributed by atoms with Crippen LogP contribution in [0.25, 0.3) is 0 Å². The maximum absolute atomic E-state index is 3.64. The van der Waals surface area contributed by atoms with E-state index in [0.717, 1.165) is 16.9 Å². The highest BCUT2D eigenvalue weighted by Gasteiger charge is 2.25. The van der Waals surface area contributed by atoms with Gasteiger partial charge in [0, 0.05) is 17.1 Å². The number of rotatable bonds is 5. The molecule has 0 spiro atoms. The second kappa shape index (κ2) is 6.11. The lowest BCUT2D eigenvalue weighted by molar-refractivity contribution is 0.572. The Hall–Kier alpha value is -1.12. The molecule has 1 aliphatic carbocycles. The molecule has 0 aliphatic heterocycles. The number of benzene rings is 2. The lowest BCUT2D eigenvalue weighted by atomic mass is 10.0. The molecule has 3 rings (SSSR count). The van der Waals surface area contributed by atoms with Crippen molar-refractivity contribution in [3.05, 3.63) is 69.7 Å². The van der Waals surface area contributed by atoms with Crippen molar-refractivity contribution in [3.8, 4) is 0 Å². The minimum Gasteiger partial charge on any atom is -0.306 e. The Morgan fingerprint density at radius 1 is 1.15 bits per heavy atom. The van der Waals surface area contributed by atoms with Gasteiger partial charge in [0.05, 0.1) is 0 Å². The van der Waals surface area contributed by atoms with Crippen LogP contribution in [0.1, 0.15) is 48.4 Å². The minimum atomic E-state index is 0.361. The van der Waals surface area contributed by atoms with Gasteiger partial charge in [-0.2, -0.15) is 0 Å². The Bertz CT molecular complexity index is 589. The van der Waals surface area contributed by atoms with Crippen molar-refractivity contribution >= 4 is 15.9 Å². The third-order valence-corrected chi connectivity index (χ3v) is 4.51. The molecule has 0 aromatic heterocycles. The lowest BCUT2D eigenvalue weighted by Gasteiger charge is -2.16. The number of hydrogen-bond donors (Lipinski definition) is 1. The number of halogens is 1. The van der Waals surface area contributed by atoms with E-state index in [0.29, 0.717) is 6.04 Å². The van der Waals surface area contributed by atoms with Crippen LogP contribution in [0, 0.1) is 0 Å². The average molecular weight is 330 g/mol. The predicted molar refractivity (Wildman–Crippen MR) is 87.8 cm³/mol. The van der Waals surface area contributed by atoms with Crippen molar-refractivity contribution in [3.63, 3.8) is 0 Å². The first-order valence-corrected chi connectivity index (χ1v) is 8.10. The lowest BCUT2D eigenvalue weighted by Crippen LogP contribution is -2.18. The maximum atomic E-state index is 3.64. The van der Waals surface area contributed by atoms with Crippen molar-refractivity contribution in [2.75, 3.05) is 0 Å². The van der Waals surface area contributed by atoms with Crippen LogP contribution in [0.15, 0.2) is 53.0 Å². The van der Waals surface area contributed by atoms with E-state index in [1.165, 1.54) is 24.0 Å². The van der Waals surface area contributed by atoms with Crippen LogP contribution in [0.3, 0.4) is 0 Å². The van der Waals surface area contributed by atoms with E-state index < -0.39 is 0 Å². The summed E-state index contributed by atoms with van der Waals surface area (Å²) in [7, 11) is 0. The Morgan fingerprint density at radius 2 is 1.95 bits per heavy atom. The maximum Gasteiger partial charge on any atom is 0.0295 e. The summed E-state index contributed by atoms with van der Waals surface area (Å²) in [6.45, 7) is 3.17. The molecule has 0 bridgehead atoms. The third-order valence-electron chi connectivity index (χ3n) is 4.02. The first-order valence-electron chi connectivity index (χ1n) is 7.30. The normalized spacial score (nSPS) is 16.1. The largest absolute Gasteiger partial charge is 0.306 e. The zero-order chi connectivity index (χ0) is 13.9. The fourth-order valence-corrected chi connectivity index (χ4v) is 3.06. The molecule has 0 amide bonds. The summed E-state index contributed by atoms with van der Waals surface area (Å²) in [5.74, 6) is 0.814. The molecule has 1 nitrogen and oxygen atoms in total. The first-order chi connectivity index (χ1) is 9.74. The van der Waals surface area contributed by atoms with Crippen LogP contribution in [0.5, 0.6) is 0 Å². The molecule has 1 N–H and O–H groups in total. The number of nitrogens with one attached hydrogen (secondary N) is 1. The smallest absolute Gasteiger partial charge is 0.0295 e. The molecule has 0 radical (unpaired) electrons. The van der Waals surface area contributed by atoms with E-state index in [-0.39, 0.29) is 0 Å². The fraction of sp³-hybridized carbons (Fsp3) is 0.333. The highest BCUT2D eigenvalue weighted by atomic mass is 79.9. The molecule has 20 heavy (non-hydrogen) atoms. The predicted octanol–water partition coefficient (Wildman–Crippen LogP) is 5.18. The van der Waals surface area contributed by atoms with Crippen molar-refractivity contribution < 1.29 is 0 Å². The molecule has 1 unspecified atom stereocenters. The summed E-state index contributed by atoms with van der Waals surface area (Å²) in [5, 5.41) is 3.64. The van der Waals surface area contributed by atoms with Crippen molar-refractivity contribution in [2.45, 2.75) is 38.3 Å². The molecule has 1 saturated carbocycles. The van der Waals surface area contributed by atoms with E-state index in [2.05, 4.69) is 76.7 Å².